The highest BCUT2D eigenvalue weighted by atomic mass is 16.2. The van der Waals surface area contributed by atoms with E-state index in [2.05, 4.69) is 5.43 Å². The van der Waals surface area contributed by atoms with Crippen molar-refractivity contribution in [3.05, 3.63) is 12.2 Å². The van der Waals surface area contributed by atoms with Crippen molar-refractivity contribution in [2.75, 3.05) is 0 Å². The van der Waals surface area contributed by atoms with Crippen molar-refractivity contribution in [2.24, 2.45) is 0 Å². The molecule has 0 bridgehead atoms. The fourth-order valence-electron chi connectivity index (χ4n) is 1.04. The van der Waals surface area contributed by atoms with Gasteiger partial charge in [-0.1, -0.05) is 6.08 Å². The summed E-state index contributed by atoms with van der Waals surface area (Å²) >= 11 is 0. The summed E-state index contributed by atoms with van der Waals surface area (Å²) in [6.45, 7) is 5.98. The van der Waals surface area contributed by atoms with Gasteiger partial charge >= 0.3 is 0 Å². The number of carbonyl (C=O) groups excluding carboxylic acids is 1. The van der Waals surface area contributed by atoms with Crippen LogP contribution in [0.4, 0.5) is 0 Å². The van der Waals surface area contributed by atoms with Crippen molar-refractivity contribution >= 4 is 5.91 Å². The zero-order valence-electron chi connectivity index (χ0n) is 7.16. The van der Waals surface area contributed by atoms with Crippen molar-refractivity contribution in [2.45, 2.75) is 32.9 Å². The van der Waals surface area contributed by atoms with Gasteiger partial charge in [-0.15, -0.1) is 0 Å². The van der Waals surface area contributed by atoms with Crippen LogP contribution in [0.1, 0.15) is 20.8 Å². The highest BCUT2D eigenvalue weighted by Crippen LogP contribution is 2.03. The molecule has 0 radical (unpaired) electrons. The van der Waals surface area contributed by atoms with Crippen molar-refractivity contribution in [1.82, 2.24) is 10.4 Å². The van der Waals surface area contributed by atoms with Crippen molar-refractivity contribution in [3.63, 3.8) is 0 Å². The van der Waals surface area contributed by atoms with E-state index in [0.29, 0.717) is 0 Å². The summed E-state index contributed by atoms with van der Waals surface area (Å²) in [4.78, 5) is 11.2. The lowest BCUT2D eigenvalue weighted by atomic mass is 10.2. The minimum absolute atomic E-state index is 0.0399. The standard InChI is InChI=1S/C8H14N2O/c1-6(2)10-8(11)5-4-7(3)9-10/h4-7,9H,1-3H3. The lowest BCUT2D eigenvalue weighted by molar-refractivity contribution is -0.132. The Hall–Kier alpha value is -0.830. The van der Waals surface area contributed by atoms with E-state index in [-0.39, 0.29) is 18.0 Å². The summed E-state index contributed by atoms with van der Waals surface area (Å²) in [5.74, 6) is 0.0399. The average Bonchev–Trinajstić information content (AvgIpc) is 1.94. The van der Waals surface area contributed by atoms with Gasteiger partial charge in [-0.3, -0.25) is 9.80 Å². The molecule has 3 nitrogen and oxygen atoms in total. The van der Waals surface area contributed by atoms with E-state index in [9.17, 15) is 4.79 Å². The third-order valence-corrected chi connectivity index (χ3v) is 1.62. The highest BCUT2D eigenvalue weighted by Gasteiger charge is 2.19. The summed E-state index contributed by atoms with van der Waals surface area (Å²) in [5, 5.41) is 1.64. The van der Waals surface area contributed by atoms with Crippen LogP contribution in [0, 0.1) is 0 Å². The first-order valence-electron chi connectivity index (χ1n) is 3.89. The number of hydrogen-bond acceptors (Lipinski definition) is 2. The molecule has 0 aromatic carbocycles. The first-order chi connectivity index (χ1) is 5.11. The van der Waals surface area contributed by atoms with Gasteiger partial charge in [0.2, 0.25) is 0 Å². The van der Waals surface area contributed by atoms with Crippen LogP contribution in [-0.4, -0.2) is 23.0 Å². The Morgan fingerprint density at radius 2 is 2.27 bits per heavy atom. The van der Waals surface area contributed by atoms with Gasteiger partial charge in [-0.25, -0.2) is 5.43 Å². The Morgan fingerprint density at radius 3 is 2.73 bits per heavy atom. The third kappa shape index (κ3) is 1.80. The molecule has 11 heavy (non-hydrogen) atoms. The second-order valence-electron chi connectivity index (χ2n) is 3.08. The zero-order chi connectivity index (χ0) is 8.43. The van der Waals surface area contributed by atoms with Crippen LogP contribution in [-0.2, 0) is 4.79 Å². The van der Waals surface area contributed by atoms with E-state index in [1.165, 1.54) is 0 Å². The molecule has 3 heteroatoms. The molecule has 0 spiro atoms. The van der Waals surface area contributed by atoms with Gasteiger partial charge in [0, 0.05) is 18.2 Å². The lowest BCUT2D eigenvalue weighted by Crippen LogP contribution is -2.52. The number of amides is 1. The smallest absolute Gasteiger partial charge is 0.260 e. The quantitative estimate of drug-likeness (QED) is 0.602. The number of carbonyl (C=O) groups is 1. The molecule has 1 N–H and O–H groups in total. The predicted octanol–water partition coefficient (Wildman–Crippen LogP) is 0.686. The Bertz CT molecular complexity index is 187. The molecular formula is C8H14N2O. The SMILES string of the molecule is CC1C=CC(=O)N(C(C)C)N1. The summed E-state index contributed by atoms with van der Waals surface area (Å²) in [6, 6.07) is 0.477. The van der Waals surface area contributed by atoms with Crippen molar-refractivity contribution < 1.29 is 4.79 Å². The Labute approximate surface area is 67.0 Å². The van der Waals surface area contributed by atoms with Gasteiger partial charge in [-0.05, 0) is 20.8 Å². The van der Waals surface area contributed by atoms with Crippen LogP contribution in [0.15, 0.2) is 12.2 Å². The maximum atomic E-state index is 11.2. The van der Waals surface area contributed by atoms with Gasteiger partial charge in [0.25, 0.3) is 5.91 Å². The van der Waals surface area contributed by atoms with E-state index >= 15 is 0 Å². The van der Waals surface area contributed by atoms with E-state index in [1.54, 1.807) is 11.1 Å². The number of rotatable bonds is 1. The fourth-order valence-corrected chi connectivity index (χ4v) is 1.04. The average molecular weight is 154 g/mol. The van der Waals surface area contributed by atoms with Crippen LogP contribution in [0.3, 0.4) is 0 Å². The monoisotopic (exact) mass is 154 g/mol. The highest BCUT2D eigenvalue weighted by molar-refractivity contribution is 5.88. The normalized spacial score (nSPS) is 24.9. The Morgan fingerprint density at radius 1 is 1.64 bits per heavy atom. The second-order valence-corrected chi connectivity index (χ2v) is 3.08. The van der Waals surface area contributed by atoms with Crippen LogP contribution in [0.5, 0.6) is 0 Å². The largest absolute Gasteiger partial charge is 0.271 e. The molecule has 1 aliphatic heterocycles. The van der Waals surface area contributed by atoms with Crippen LogP contribution in [0.25, 0.3) is 0 Å². The molecule has 0 saturated heterocycles. The predicted molar refractivity (Wildman–Crippen MR) is 43.7 cm³/mol. The molecule has 1 atom stereocenters. The first kappa shape index (κ1) is 8.27. The second kappa shape index (κ2) is 3.05. The molecule has 1 heterocycles. The molecule has 1 unspecified atom stereocenters. The van der Waals surface area contributed by atoms with E-state index < -0.39 is 0 Å². The minimum Gasteiger partial charge on any atom is -0.271 e. The maximum Gasteiger partial charge on any atom is 0.260 e. The molecule has 0 saturated carbocycles. The molecule has 1 rings (SSSR count). The minimum atomic E-state index is 0.0399. The Balaban J connectivity index is 2.68. The summed E-state index contributed by atoms with van der Waals surface area (Å²) in [6.07, 6.45) is 3.47. The van der Waals surface area contributed by atoms with Crippen molar-refractivity contribution in [3.8, 4) is 0 Å². The van der Waals surface area contributed by atoms with Gasteiger partial charge in [0.15, 0.2) is 0 Å². The number of nitrogens with zero attached hydrogens (tertiary/aromatic N) is 1. The molecule has 62 valence electrons. The van der Waals surface area contributed by atoms with E-state index in [0.717, 1.165) is 0 Å². The van der Waals surface area contributed by atoms with E-state index in [4.69, 9.17) is 0 Å². The van der Waals surface area contributed by atoms with E-state index in [1.807, 2.05) is 26.8 Å². The van der Waals surface area contributed by atoms with Gasteiger partial charge in [0.1, 0.15) is 0 Å². The topological polar surface area (TPSA) is 32.3 Å². The molecule has 0 aromatic heterocycles. The maximum absolute atomic E-state index is 11.2. The summed E-state index contributed by atoms with van der Waals surface area (Å²) < 4.78 is 0. The summed E-state index contributed by atoms with van der Waals surface area (Å²) in [5.41, 5.74) is 3.06. The Kier molecular flexibility index (Phi) is 2.29. The van der Waals surface area contributed by atoms with Crippen LogP contribution in [0.2, 0.25) is 0 Å². The molecule has 0 fully saturated rings. The van der Waals surface area contributed by atoms with Crippen LogP contribution >= 0.6 is 0 Å². The zero-order valence-corrected chi connectivity index (χ0v) is 7.16. The molecule has 1 amide bonds. The number of hydrazine groups is 1. The van der Waals surface area contributed by atoms with Gasteiger partial charge in [0.05, 0.1) is 0 Å². The first-order valence-corrected chi connectivity index (χ1v) is 3.89. The van der Waals surface area contributed by atoms with Gasteiger partial charge in [-0.2, -0.15) is 0 Å². The molecule has 0 aliphatic carbocycles. The number of nitrogens with one attached hydrogen (secondary N) is 1. The molecule has 1 aliphatic rings. The third-order valence-electron chi connectivity index (χ3n) is 1.62. The van der Waals surface area contributed by atoms with Crippen LogP contribution < -0.4 is 5.43 Å². The number of hydrogen-bond donors (Lipinski definition) is 1. The summed E-state index contributed by atoms with van der Waals surface area (Å²) in [7, 11) is 0. The van der Waals surface area contributed by atoms with Gasteiger partial charge < -0.3 is 0 Å². The fraction of sp³-hybridized carbons (Fsp3) is 0.625. The molecule has 0 aromatic rings. The molecular weight excluding hydrogens is 140 g/mol. The van der Waals surface area contributed by atoms with Crippen molar-refractivity contribution in [1.29, 1.82) is 0 Å². The lowest BCUT2D eigenvalue weighted by Gasteiger charge is -2.31.